The Labute approximate surface area is 143 Å². The zero-order chi connectivity index (χ0) is 17.1. The molecular formula is C21H25NO2. The van der Waals surface area contributed by atoms with Crippen molar-refractivity contribution in [1.29, 1.82) is 0 Å². The van der Waals surface area contributed by atoms with Crippen molar-refractivity contribution in [2.24, 2.45) is 5.92 Å². The summed E-state index contributed by atoms with van der Waals surface area (Å²) in [5.74, 6) is 0.368. The van der Waals surface area contributed by atoms with Crippen LogP contribution >= 0.6 is 0 Å². The van der Waals surface area contributed by atoms with E-state index < -0.39 is 0 Å². The van der Waals surface area contributed by atoms with Crippen LogP contribution in [0.2, 0.25) is 0 Å². The molecule has 0 radical (unpaired) electrons. The van der Waals surface area contributed by atoms with Crippen LogP contribution in [0.25, 0.3) is 11.1 Å². The fourth-order valence-electron chi connectivity index (χ4n) is 3.49. The first kappa shape index (κ1) is 16.7. The first-order valence-electron chi connectivity index (χ1n) is 8.73. The maximum atomic E-state index is 12.6. The Balaban J connectivity index is 1.76. The number of hydrogen-bond donors (Lipinski definition) is 2. The summed E-state index contributed by atoms with van der Waals surface area (Å²) in [6, 6.07) is 16.1. The second-order valence-corrected chi connectivity index (χ2v) is 6.77. The standard InChI is InChI=1S/C21H25NO2/c1-3-20(17-12-18(23)13-17)22-21(24)16-9-6-8-15(11-16)19-10-5-4-7-14(19)2/h4-11,17-18,20,23H,3,12-13H2,1-2H3,(H,22,24)/t17?,18?,20-/m1/s1. The Hall–Kier alpha value is -2.13. The molecule has 126 valence electrons. The molecule has 0 saturated heterocycles. The lowest BCUT2D eigenvalue weighted by Gasteiger charge is -2.37. The van der Waals surface area contributed by atoms with E-state index in [0.717, 1.165) is 30.4 Å². The Morgan fingerprint density at radius 2 is 1.96 bits per heavy atom. The van der Waals surface area contributed by atoms with Crippen LogP contribution in [0.4, 0.5) is 0 Å². The van der Waals surface area contributed by atoms with Gasteiger partial charge in [0.2, 0.25) is 0 Å². The first-order chi connectivity index (χ1) is 11.6. The summed E-state index contributed by atoms with van der Waals surface area (Å²) in [7, 11) is 0. The third-order valence-electron chi connectivity index (χ3n) is 5.06. The minimum Gasteiger partial charge on any atom is -0.393 e. The third-order valence-corrected chi connectivity index (χ3v) is 5.06. The number of aliphatic hydroxyl groups excluding tert-OH is 1. The summed E-state index contributed by atoms with van der Waals surface area (Å²) < 4.78 is 0. The van der Waals surface area contributed by atoms with Crippen LogP contribution in [0.3, 0.4) is 0 Å². The lowest BCUT2D eigenvalue weighted by atomic mass is 9.76. The van der Waals surface area contributed by atoms with Gasteiger partial charge in [0.05, 0.1) is 6.10 Å². The highest BCUT2D eigenvalue weighted by atomic mass is 16.3. The van der Waals surface area contributed by atoms with Gasteiger partial charge in [0.15, 0.2) is 0 Å². The predicted molar refractivity (Wildman–Crippen MR) is 96.9 cm³/mol. The minimum absolute atomic E-state index is 0.0290. The molecule has 0 unspecified atom stereocenters. The van der Waals surface area contributed by atoms with E-state index in [1.54, 1.807) is 0 Å². The molecule has 1 aliphatic carbocycles. The average Bonchev–Trinajstić information content (AvgIpc) is 2.57. The van der Waals surface area contributed by atoms with E-state index in [2.05, 4.69) is 31.3 Å². The molecule has 0 bridgehead atoms. The third kappa shape index (κ3) is 3.51. The maximum Gasteiger partial charge on any atom is 0.251 e. The van der Waals surface area contributed by atoms with E-state index in [0.29, 0.717) is 11.5 Å². The summed E-state index contributed by atoms with van der Waals surface area (Å²) in [5, 5.41) is 12.6. The largest absolute Gasteiger partial charge is 0.393 e. The maximum absolute atomic E-state index is 12.6. The van der Waals surface area contributed by atoms with Gasteiger partial charge >= 0.3 is 0 Å². The highest BCUT2D eigenvalue weighted by Crippen LogP contribution is 2.31. The van der Waals surface area contributed by atoms with E-state index >= 15 is 0 Å². The van der Waals surface area contributed by atoms with Crippen LogP contribution in [0.15, 0.2) is 48.5 Å². The molecule has 2 aromatic carbocycles. The van der Waals surface area contributed by atoms with Crippen molar-refractivity contribution in [3.05, 3.63) is 59.7 Å². The lowest BCUT2D eigenvalue weighted by molar-refractivity contribution is 0.0232. The van der Waals surface area contributed by atoms with Crippen LogP contribution in [0.5, 0.6) is 0 Å². The molecule has 3 heteroatoms. The van der Waals surface area contributed by atoms with Gasteiger partial charge in [-0.15, -0.1) is 0 Å². The molecule has 3 rings (SSSR count). The Morgan fingerprint density at radius 1 is 1.21 bits per heavy atom. The number of hydrogen-bond acceptors (Lipinski definition) is 2. The highest BCUT2D eigenvalue weighted by molar-refractivity contribution is 5.95. The number of nitrogens with one attached hydrogen (secondary N) is 1. The number of carbonyl (C=O) groups excluding carboxylic acids is 1. The van der Waals surface area contributed by atoms with Gasteiger partial charge in [-0.1, -0.05) is 43.3 Å². The van der Waals surface area contributed by atoms with Crippen molar-refractivity contribution in [2.45, 2.75) is 45.3 Å². The van der Waals surface area contributed by atoms with Gasteiger partial charge in [-0.2, -0.15) is 0 Å². The Morgan fingerprint density at radius 3 is 2.62 bits per heavy atom. The van der Waals surface area contributed by atoms with Crippen LogP contribution < -0.4 is 5.32 Å². The van der Waals surface area contributed by atoms with Crippen molar-refractivity contribution in [2.75, 3.05) is 0 Å². The quantitative estimate of drug-likeness (QED) is 0.875. The van der Waals surface area contributed by atoms with E-state index in [9.17, 15) is 9.90 Å². The molecule has 0 aromatic heterocycles. The number of benzene rings is 2. The van der Waals surface area contributed by atoms with Gasteiger partial charge < -0.3 is 10.4 Å². The van der Waals surface area contributed by atoms with Gasteiger partial charge in [-0.3, -0.25) is 4.79 Å². The monoisotopic (exact) mass is 323 g/mol. The summed E-state index contributed by atoms with van der Waals surface area (Å²) >= 11 is 0. The molecule has 0 spiro atoms. The number of amides is 1. The summed E-state index contributed by atoms with van der Waals surface area (Å²) in [4.78, 5) is 12.6. The normalized spacial score (nSPS) is 21.0. The number of rotatable bonds is 5. The topological polar surface area (TPSA) is 49.3 Å². The molecule has 1 aliphatic rings. The number of aryl methyl sites for hydroxylation is 1. The molecule has 2 aromatic rings. The van der Waals surface area contributed by atoms with Crippen molar-refractivity contribution in [3.8, 4) is 11.1 Å². The van der Waals surface area contributed by atoms with Crippen molar-refractivity contribution in [1.82, 2.24) is 5.32 Å². The van der Waals surface area contributed by atoms with Crippen molar-refractivity contribution < 1.29 is 9.90 Å². The molecule has 1 fully saturated rings. The van der Waals surface area contributed by atoms with E-state index in [1.807, 2.05) is 36.4 Å². The van der Waals surface area contributed by atoms with Gasteiger partial charge in [-0.05, 0) is 60.9 Å². The minimum atomic E-state index is -0.190. The van der Waals surface area contributed by atoms with Gasteiger partial charge in [0, 0.05) is 11.6 Å². The van der Waals surface area contributed by atoms with E-state index in [4.69, 9.17) is 0 Å². The van der Waals surface area contributed by atoms with Crippen LogP contribution in [-0.4, -0.2) is 23.2 Å². The summed E-state index contributed by atoms with van der Waals surface area (Å²) in [6.45, 7) is 4.16. The number of carbonyl (C=O) groups is 1. The van der Waals surface area contributed by atoms with Gasteiger partial charge in [-0.25, -0.2) is 0 Å². The first-order valence-corrected chi connectivity index (χ1v) is 8.73. The Kier molecular flexibility index (Phi) is 5.00. The fraction of sp³-hybridized carbons (Fsp3) is 0.381. The van der Waals surface area contributed by atoms with E-state index in [-0.39, 0.29) is 18.1 Å². The molecule has 0 heterocycles. The van der Waals surface area contributed by atoms with E-state index in [1.165, 1.54) is 5.56 Å². The molecule has 1 amide bonds. The molecule has 24 heavy (non-hydrogen) atoms. The van der Waals surface area contributed by atoms with Crippen molar-refractivity contribution >= 4 is 5.91 Å². The zero-order valence-corrected chi connectivity index (χ0v) is 14.3. The molecule has 3 nitrogen and oxygen atoms in total. The van der Waals surface area contributed by atoms with Crippen LogP contribution in [0.1, 0.15) is 42.1 Å². The lowest BCUT2D eigenvalue weighted by Crippen LogP contribution is -2.46. The second kappa shape index (κ2) is 7.18. The summed E-state index contributed by atoms with van der Waals surface area (Å²) in [6.07, 6.45) is 2.29. The second-order valence-electron chi connectivity index (χ2n) is 6.77. The van der Waals surface area contributed by atoms with Crippen LogP contribution in [-0.2, 0) is 0 Å². The molecular weight excluding hydrogens is 298 g/mol. The average molecular weight is 323 g/mol. The zero-order valence-electron chi connectivity index (χ0n) is 14.3. The van der Waals surface area contributed by atoms with Crippen LogP contribution in [0, 0.1) is 12.8 Å². The SMILES string of the molecule is CC[C@@H](NC(=O)c1cccc(-c2ccccc2C)c1)C1CC(O)C1. The molecule has 0 aliphatic heterocycles. The smallest absolute Gasteiger partial charge is 0.251 e. The molecule has 2 N–H and O–H groups in total. The highest BCUT2D eigenvalue weighted by Gasteiger charge is 2.33. The fourth-order valence-corrected chi connectivity index (χ4v) is 3.49. The molecule has 1 saturated carbocycles. The summed E-state index contributed by atoms with van der Waals surface area (Å²) in [5.41, 5.74) is 4.10. The Bertz CT molecular complexity index is 719. The van der Waals surface area contributed by atoms with Gasteiger partial charge in [0.1, 0.15) is 0 Å². The van der Waals surface area contributed by atoms with Gasteiger partial charge in [0.25, 0.3) is 5.91 Å². The predicted octanol–water partition coefficient (Wildman–Crippen LogP) is 3.94. The molecule has 1 atom stereocenters. The number of aliphatic hydroxyl groups is 1. The van der Waals surface area contributed by atoms with Crippen molar-refractivity contribution in [3.63, 3.8) is 0 Å².